The Morgan fingerprint density at radius 2 is 1.69 bits per heavy atom. The lowest BCUT2D eigenvalue weighted by atomic mass is 10.1. The molecule has 0 saturated carbocycles. The van der Waals surface area contributed by atoms with Crippen molar-refractivity contribution in [3.63, 3.8) is 0 Å². The molecule has 0 radical (unpaired) electrons. The number of rotatable bonds is 6. The minimum atomic E-state index is -0.690. The highest BCUT2D eigenvalue weighted by molar-refractivity contribution is 5.97. The lowest BCUT2D eigenvalue weighted by Crippen LogP contribution is -2.20. The SMILES string of the molecule is COC(=O)c1cc(NC(=O)COc2ccc3ccccc3c2)ccc1OC(C)=O. The summed E-state index contributed by atoms with van der Waals surface area (Å²) in [6.45, 7) is 1.01. The van der Waals surface area contributed by atoms with Gasteiger partial charge in [0, 0.05) is 12.6 Å². The molecule has 3 rings (SSSR count). The van der Waals surface area contributed by atoms with Gasteiger partial charge < -0.3 is 19.5 Å². The summed E-state index contributed by atoms with van der Waals surface area (Å²) in [5.41, 5.74) is 0.365. The molecule has 0 saturated heterocycles. The molecule has 0 spiro atoms. The van der Waals surface area contributed by atoms with E-state index >= 15 is 0 Å². The third kappa shape index (κ3) is 5.10. The van der Waals surface area contributed by atoms with Crippen LogP contribution in [0.3, 0.4) is 0 Å². The summed E-state index contributed by atoms with van der Waals surface area (Å²) in [4.78, 5) is 35.3. The maximum atomic E-state index is 12.2. The van der Waals surface area contributed by atoms with Crippen molar-refractivity contribution in [3.8, 4) is 11.5 Å². The zero-order chi connectivity index (χ0) is 20.8. The van der Waals surface area contributed by atoms with E-state index in [2.05, 4.69) is 5.32 Å². The number of carbonyl (C=O) groups excluding carboxylic acids is 3. The highest BCUT2D eigenvalue weighted by Gasteiger charge is 2.16. The molecule has 0 aliphatic rings. The second-order valence-corrected chi connectivity index (χ2v) is 6.14. The van der Waals surface area contributed by atoms with Gasteiger partial charge in [-0.15, -0.1) is 0 Å². The van der Waals surface area contributed by atoms with E-state index in [0.29, 0.717) is 11.4 Å². The number of benzene rings is 3. The first-order chi connectivity index (χ1) is 14.0. The normalized spacial score (nSPS) is 10.3. The van der Waals surface area contributed by atoms with Crippen molar-refractivity contribution in [3.05, 3.63) is 66.2 Å². The molecule has 1 amide bonds. The van der Waals surface area contributed by atoms with Crippen LogP contribution in [-0.4, -0.2) is 31.6 Å². The van der Waals surface area contributed by atoms with Crippen LogP contribution in [0.15, 0.2) is 60.7 Å². The lowest BCUT2D eigenvalue weighted by Gasteiger charge is -2.11. The van der Waals surface area contributed by atoms with E-state index in [1.807, 2.05) is 36.4 Å². The maximum absolute atomic E-state index is 12.2. The molecule has 0 aromatic heterocycles. The fourth-order valence-electron chi connectivity index (χ4n) is 2.72. The second-order valence-electron chi connectivity index (χ2n) is 6.14. The Morgan fingerprint density at radius 3 is 2.41 bits per heavy atom. The Bertz CT molecular complexity index is 1080. The van der Waals surface area contributed by atoms with Gasteiger partial charge in [-0.1, -0.05) is 30.3 Å². The number of hydrogen-bond donors (Lipinski definition) is 1. The van der Waals surface area contributed by atoms with Gasteiger partial charge in [0.05, 0.1) is 7.11 Å². The standard InChI is InChI=1S/C22H19NO6/c1-14(24)29-20-10-8-17(12-19(20)22(26)27-2)23-21(25)13-28-18-9-7-15-5-3-4-6-16(15)11-18/h3-12H,13H2,1-2H3,(H,23,25). The molecule has 1 N–H and O–H groups in total. The molecule has 0 heterocycles. The van der Waals surface area contributed by atoms with Gasteiger partial charge in [0.2, 0.25) is 0 Å². The van der Waals surface area contributed by atoms with Crippen molar-refractivity contribution in [1.82, 2.24) is 0 Å². The Labute approximate surface area is 167 Å². The lowest BCUT2D eigenvalue weighted by molar-refractivity contribution is -0.131. The predicted molar refractivity (Wildman–Crippen MR) is 107 cm³/mol. The maximum Gasteiger partial charge on any atom is 0.341 e. The van der Waals surface area contributed by atoms with Crippen LogP contribution in [0.5, 0.6) is 11.5 Å². The molecule has 148 valence electrons. The van der Waals surface area contributed by atoms with Crippen molar-refractivity contribution >= 4 is 34.3 Å². The molecule has 0 bridgehead atoms. The Balaban J connectivity index is 1.67. The average Bonchev–Trinajstić information content (AvgIpc) is 2.72. The summed E-state index contributed by atoms with van der Waals surface area (Å²) >= 11 is 0. The first kappa shape index (κ1) is 19.9. The van der Waals surface area contributed by atoms with E-state index < -0.39 is 17.8 Å². The largest absolute Gasteiger partial charge is 0.484 e. The number of nitrogens with one attached hydrogen (secondary N) is 1. The van der Waals surface area contributed by atoms with Gasteiger partial charge in [-0.3, -0.25) is 9.59 Å². The molecule has 7 heteroatoms. The van der Waals surface area contributed by atoms with E-state index in [4.69, 9.17) is 14.2 Å². The molecule has 0 atom stereocenters. The molecule has 3 aromatic carbocycles. The summed E-state index contributed by atoms with van der Waals surface area (Å²) in [5.74, 6) is -1.05. The summed E-state index contributed by atoms with van der Waals surface area (Å²) in [6.07, 6.45) is 0. The van der Waals surface area contributed by atoms with Crippen molar-refractivity contribution in [2.45, 2.75) is 6.92 Å². The van der Waals surface area contributed by atoms with Crippen molar-refractivity contribution in [2.24, 2.45) is 0 Å². The molecular formula is C22H19NO6. The van der Waals surface area contributed by atoms with Gasteiger partial charge in [-0.25, -0.2) is 4.79 Å². The van der Waals surface area contributed by atoms with Crippen LogP contribution in [0.1, 0.15) is 17.3 Å². The second kappa shape index (κ2) is 8.88. The van der Waals surface area contributed by atoms with Gasteiger partial charge in [0.15, 0.2) is 6.61 Å². The topological polar surface area (TPSA) is 90.9 Å². The molecule has 0 aliphatic heterocycles. The van der Waals surface area contributed by atoms with Crippen molar-refractivity contribution < 1.29 is 28.6 Å². The molecule has 7 nitrogen and oxygen atoms in total. The summed E-state index contributed by atoms with van der Waals surface area (Å²) in [6, 6.07) is 17.7. The van der Waals surface area contributed by atoms with Crippen LogP contribution in [0, 0.1) is 0 Å². The fourth-order valence-corrected chi connectivity index (χ4v) is 2.72. The average molecular weight is 393 g/mol. The highest BCUT2D eigenvalue weighted by Crippen LogP contribution is 2.24. The quantitative estimate of drug-likeness (QED) is 0.509. The molecular weight excluding hydrogens is 374 g/mol. The van der Waals surface area contributed by atoms with Crippen LogP contribution in [-0.2, 0) is 14.3 Å². The Kier molecular flexibility index (Phi) is 6.09. The number of methoxy groups -OCH3 is 1. The van der Waals surface area contributed by atoms with E-state index in [1.165, 1.54) is 32.2 Å². The van der Waals surface area contributed by atoms with Gasteiger partial charge in [-0.05, 0) is 41.1 Å². The minimum absolute atomic E-state index is 0.0240. The van der Waals surface area contributed by atoms with Crippen LogP contribution in [0.2, 0.25) is 0 Å². The highest BCUT2D eigenvalue weighted by atomic mass is 16.5. The first-order valence-electron chi connectivity index (χ1n) is 8.78. The summed E-state index contributed by atoms with van der Waals surface area (Å²) in [5, 5.41) is 4.72. The van der Waals surface area contributed by atoms with Gasteiger partial charge in [-0.2, -0.15) is 0 Å². The fraction of sp³-hybridized carbons (Fsp3) is 0.136. The zero-order valence-electron chi connectivity index (χ0n) is 15.9. The summed E-state index contributed by atoms with van der Waals surface area (Å²) in [7, 11) is 1.21. The number of ether oxygens (including phenoxy) is 3. The van der Waals surface area contributed by atoms with E-state index in [1.54, 1.807) is 6.07 Å². The molecule has 0 aliphatic carbocycles. The minimum Gasteiger partial charge on any atom is -0.484 e. The van der Waals surface area contributed by atoms with Crippen LogP contribution in [0.4, 0.5) is 5.69 Å². The first-order valence-corrected chi connectivity index (χ1v) is 8.78. The molecule has 0 unspecified atom stereocenters. The van der Waals surface area contributed by atoms with Crippen LogP contribution >= 0.6 is 0 Å². The van der Waals surface area contributed by atoms with Crippen molar-refractivity contribution in [2.75, 3.05) is 19.0 Å². The number of anilines is 1. The predicted octanol–water partition coefficient (Wildman–Crippen LogP) is 3.57. The third-order valence-electron chi connectivity index (χ3n) is 4.01. The van der Waals surface area contributed by atoms with Gasteiger partial charge >= 0.3 is 11.9 Å². The van der Waals surface area contributed by atoms with E-state index in [9.17, 15) is 14.4 Å². The zero-order valence-corrected chi connectivity index (χ0v) is 15.9. The smallest absolute Gasteiger partial charge is 0.341 e. The number of fused-ring (bicyclic) bond motifs is 1. The molecule has 0 fully saturated rings. The summed E-state index contributed by atoms with van der Waals surface area (Å²) < 4.78 is 15.2. The number of esters is 2. The molecule has 3 aromatic rings. The Hall–Kier alpha value is -3.87. The number of hydrogen-bond acceptors (Lipinski definition) is 6. The van der Waals surface area contributed by atoms with E-state index in [-0.39, 0.29) is 17.9 Å². The molecule has 29 heavy (non-hydrogen) atoms. The van der Waals surface area contributed by atoms with E-state index in [0.717, 1.165) is 10.8 Å². The Morgan fingerprint density at radius 1 is 0.931 bits per heavy atom. The number of amides is 1. The van der Waals surface area contributed by atoms with Crippen LogP contribution in [0.25, 0.3) is 10.8 Å². The third-order valence-corrected chi connectivity index (χ3v) is 4.01. The monoisotopic (exact) mass is 393 g/mol. The van der Waals surface area contributed by atoms with Gasteiger partial charge in [0.1, 0.15) is 17.1 Å². The number of carbonyl (C=O) groups is 3. The van der Waals surface area contributed by atoms with Crippen molar-refractivity contribution in [1.29, 1.82) is 0 Å². The van der Waals surface area contributed by atoms with Gasteiger partial charge in [0.25, 0.3) is 5.91 Å². The van der Waals surface area contributed by atoms with Crippen LogP contribution < -0.4 is 14.8 Å².